The van der Waals surface area contributed by atoms with Crippen LogP contribution in [0.2, 0.25) is 0 Å². The van der Waals surface area contributed by atoms with Gasteiger partial charge in [0.25, 0.3) is 0 Å². The molecule has 0 fully saturated rings. The first-order valence-corrected chi connectivity index (χ1v) is 8.21. The van der Waals surface area contributed by atoms with Gasteiger partial charge in [0.1, 0.15) is 41.2 Å². The minimum Gasteiger partial charge on any atom is -0.382 e. The lowest BCUT2D eigenvalue weighted by Crippen LogP contribution is -2.16. The van der Waals surface area contributed by atoms with Gasteiger partial charge < -0.3 is 11.1 Å². The molecule has 0 bridgehead atoms. The molecule has 0 spiro atoms. The number of pyridine rings is 2. The monoisotopic (exact) mass is 357 g/mol. The summed E-state index contributed by atoms with van der Waals surface area (Å²) >= 11 is 0. The van der Waals surface area contributed by atoms with E-state index in [1.807, 2.05) is 47.9 Å². The van der Waals surface area contributed by atoms with E-state index in [-0.39, 0.29) is 17.4 Å². The third-order valence-electron chi connectivity index (χ3n) is 4.06. The summed E-state index contributed by atoms with van der Waals surface area (Å²) in [5.74, 6) is 1.88. The van der Waals surface area contributed by atoms with Crippen LogP contribution < -0.4 is 11.1 Å². The van der Waals surface area contributed by atoms with E-state index in [4.69, 9.17) is 5.73 Å². The number of aromatic nitrogens is 6. The van der Waals surface area contributed by atoms with E-state index >= 15 is 0 Å². The van der Waals surface area contributed by atoms with Crippen molar-refractivity contribution in [2.24, 2.45) is 0 Å². The lowest BCUT2D eigenvalue weighted by Gasteiger charge is -2.17. The van der Waals surface area contributed by atoms with E-state index in [0.717, 1.165) is 11.3 Å². The summed E-state index contributed by atoms with van der Waals surface area (Å²) in [4.78, 5) is 21.4. The van der Waals surface area contributed by atoms with Gasteiger partial charge >= 0.3 is 0 Å². The van der Waals surface area contributed by atoms with Gasteiger partial charge in [-0.3, -0.25) is 4.57 Å². The van der Waals surface area contributed by atoms with Crippen molar-refractivity contribution in [2.45, 2.75) is 13.0 Å². The summed E-state index contributed by atoms with van der Waals surface area (Å²) in [6, 6.07) is 11.2. The van der Waals surface area contributed by atoms with Gasteiger partial charge in [-0.2, -0.15) is 5.26 Å². The number of rotatable bonds is 4. The fourth-order valence-electron chi connectivity index (χ4n) is 2.84. The molecule has 0 radical (unpaired) electrons. The van der Waals surface area contributed by atoms with Crippen LogP contribution in [0.5, 0.6) is 0 Å². The van der Waals surface area contributed by atoms with Gasteiger partial charge in [-0.1, -0.05) is 6.07 Å². The number of hydrogen-bond acceptors (Lipinski definition) is 8. The molecule has 27 heavy (non-hydrogen) atoms. The van der Waals surface area contributed by atoms with Crippen molar-refractivity contribution in [2.75, 3.05) is 11.1 Å². The number of nitrogens with two attached hydrogens (primary N) is 1. The molecule has 0 amide bonds. The van der Waals surface area contributed by atoms with Gasteiger partial charge in [0.05, 0.1) is 11.6 Å². The number of fused-ring (bicyclic) bond motifs is 1. The zero-order valence-corrected chi connectivity index (χ0v) is 14.4. The third-order valence-corrected chi connectivity index (χ3v) is 4.06. The zero-order valence-electron chi connectivity index (χ0n) is 14.4. The fourth-order valence-corrected chi connectivity index (χ4v) is 2.84. The lowest BCUT2D eigenvalue weighted by atomic mass is 10.2. The summed E-state index contributed by atoms with van der Waals surface area (Å²) in [5.41, 5.74) is 7.41. The van der Waals surface area contributed by atoms with Crippen molar-refractivity contribution in [1.29, 1.82) is 5.26 Å². The van der Waals surface area contributed by atoms with Crippen molar-refractivity contribution in [3.05, 3.63) is 60.4 Å². The molecule has 0 aliphatic rings. The molecule has 132 valence electrons. The van der Waals surface area contributed by atoms with Gasteiger partial charge in [-0.05, 0) is 31.2 Å². The molecule has 4 heterocycles. The Kier molecular flexibility index (Phi) is 4.06. The average molecular weight is 357 g/mol. The van der Waals surface area contributed by atoms with Gasteiger partial charge in [0.2, 0.25) is 0 Å². The van der Waals surface area contributed by atoms with E-state index in [1.54, 1.807) is 12.4 Å². The van der Waals surface area contributed by atoms with Crippen LogP contribution in [-0.2, 0) is 0 Å². The van der Waals surface area contributed by atoms with Crippen LogP contribution in [0.4, 0.5) is 11.6 Å². The van der Waals surface area contributed by atoms with Gasteiger partial charge in [0, 0.05) is 12.4 Å². The molecule has 0 saturated heterocycles. The molecule has 4 aromatic rings. The lowest BCUT2D eigenvalue weighted by molar-refractivity contribution is 0.759. The Morgan fingerprint density at radius 2 is 1.96 bits per heavy atom. The molecule has 4 aromatic heterocycles. The summed E-state index contributed by atoms with van der Waals surface area (Å²) in [6.45, 7) is 1.92. The Morgan fingerprint density at radius 1 is 1.11 bits per heavy atom. The first-order valence-electron chi connectivity index (χ1n) is 8.21. The number of hydrogen-bond donors (Lipinski definition) is 2. The highest BCUT2D eigenvalue weighted by Crippen LogP contribution is 2.26. The Labute approximate surface area is 154 Å². The number of nitrogens with one attached hydrogen (secondary N) is 1. The predicted octanol–water partition coefficient (Wildman–Crippen LogP) is 2.23. The number of imidazole rings is 1. The predicted molar refractivity (Wildman–Crippen MR) is 99.9 cm³/mol. The SMILES string of the molecule is CC(Nc1ncnc(N)c1C#N)c1nc2ncccc2n1-c1ccccn1. The van der Waals surface area contributed by atoms with Crippen molar-refractivity contribution in [3.63, 3.8) is 0 Å². The van der Waals surface area contributed by atoms with Gasteiger partial charge in [-0.15, -0.1) is 0 Å². The summed E-state index contributed by atoms with van der Waals surface area (Å²) in [5, 5.41) is 12.5. The van der Waals surface area contributed by atoms with Gasteiger partial charge in [0.15, 0.2) is 5.65 Å². The van der Waals surface area contributed by atoms with E-state index in [2.05, 4.69) is 30.2 Å². The second-order valence-corrected chi connectivity index (χ2v) is 5.80. The van der Waals surface area contributed by atoms with Gasteiger partial charge in [-0.25, -0.2) is 24.9 Å². The summed E-state index contributed by atoms with van der Waals surface area (Å²) in [6.07, 6.45) is 4.73. The van der Waals surface area contributed by atoms with Crippen LogP contribution in [0, 0.1) is 11.3 Å². The minimum absolute atomic E-state index is 0.127. The smallest absolute Gasteiger partial charge is 0.178 e. The molecule has 3 N–H and O–H groups in total. The number of anilines is 2. The Morgan fingerprint density at radius 3 is 2.74 bits per heavy atom. The van der Waals surface area contributed by atoms with Crippen LogP contribution in [-0.4, -0.2) is 29.5 Å². The first-order chi connectivity index (χ1) is 13.2. The third kappa shape index (κ3) is 2.89. The maximum absolute atomic E-state index is 9.34. The first kappa shape index (κ1) is 16.4. The Hall–Kier alpha value is -4.06. The summed E-state index contributed by atoms with van der Waals surface area (Å²) in [7, 11) is 0. The molecule has 1 unspecified atom stereocenters. The molecule has 0 aliphatic heterocycles. The van der Waals surface area contributed by atoms with Crippen molar-refractivity contribution >= 4 is 22.8 Å². The molecule has 9 heteroatoms. The van der Waals surface area contributed by atoms with Crippen LogP contribution in [0.3, 0.4) is 0 Å². The highest BCUT2D eigenvalue weighted by molar-refractivity contribution is 5.74. The van der Waals surface area contributed by atoms with E-state index in [1.165, 1.54) is 6.33 Å². The second-order valence-electron chi connectivity index (χ2n) is 5.80. The van der Waals surface area contributed by atoms with Crippen LogP contribution in [0.25, 0.3) is 17.0 Å². The van der Waals surface area contributed by atoms with Crippen molar-refractivity contribution < 1.29 is 0 Å². The summed E-state index contributed by atoms with van der Waals surface area (Å²) < 4.78 is 1.93. The molecular weight excluding hydrogens is 342 g/mol. The highest BCUT2D eigenvalue weighted by atomic mass is 15.2. The second kappa shape index (κ2) is 6.68. The largest absolute Gasteiger partial charge is 0.382 e. The minimum atomic E-state index is -0.303. The van der Waals surface area contributed by atoms with E-state index in [0.29, 0.717) is 17.3 Å². The number of nitriles is 1. The number of nitrogens with zero attached hydrogens (tertiary/aromatic N) is 7. The molecule has 0 aliphatic carbocycles. The molecule has 4 rings (SSSR count). The van der Waals surface area contributed by atoms with Crippen molar-refractivity contribution in [3.8, 4) is 11.9 Å². The molecular formula is C18H15N9. The van der Waals surface area contributed by atoms with Crippen LogP contribution >= 0.6 is 0 Å². The Balaban J connectivity index is 1.82. The molecule has 0 aromatic carbocycles. The Bertz CT molecular complexity index is 1140. The topological polar surface area (TPSA) is 131 Å². The van der Waals surface area contributed by atoms with Crippen LogP contribution in [0.15, 0.2) is 49.1 Å². The maximum Gasteiger partial charge on any atom is 0.178 e. The molecule has 9 nitrogen and oxygen atoms in total. The molecule has 1 atom stereocenters. The van der Waals surface area contributed by atoms with Crippen LogP contribution in [0.1, 0.15) is 24.4 Å². The van der Waals surface area contributed by atoms with E-state index in [9.17, 15) is 5.26 Å². The quantitative estimate of drug-likeness (QED) is 0.568. The molecule has 0 saturated carbocycles. The highest BCUT2D eigenvalue weighted by Gasteiger charge is 2.21. The average Bonchev–Trinajstić information content (AvgIpc) is 3.08. The normalized spacial score (nSPS) is 11.9. The van der Waals surface area contributed by atoms with Crippen molar-refractivity contribution in [1.82, 2.24) is 29.5 Å². The zero-order chi connectivity index (χ0) is 18.8. The fraction of sp³-hybridized carbons (Fsp3) is 0.111. The maximum atomic E-state index is 9.34. The van der Waals surface area contributed by atoms with E-state index < -0.39 is 0 Å². The standard InChI is InChI=1S/C18H15N9/c1-11(25-16-12(9-19)15(20)23-10-24-16)18-26-17-13(5-4-8-22-17)27(18)14-6-2-3-7-21-14/h2-8,10-11H,1H3,(H3,20,23,24,25). The number of nitrogen functional groups attached to an aromatic ring is 1.